The van der Waals surface area contributed by atoms with Gasteiger partial charge in [0.15, 0.2) is 0 Å². The Balaban J connectivity index is 1.83. The van der Waals surface area contributed by atoms with Crippen LogP contribution in [0, 0.1) is 19.7 Å². The first kappa shape index (κ1) is 20.9. The second-order valence-corrected chi connectivity index (χ2v) is 6.18. The summed E-state index contributed by atoms with van der Waals surface area (Å²) in [6, 6.07) is 10.0. The molecule has 0 heterocycles. The Hall–Kier alpha value is -3.42. The van der Waals surface area contributed by atoms with Crippen LogP contribution < -0.4 is 15.4 Å². The maximum atomic E-state index is 12.9. The van der Waals surface area contributed by atoms with Crippen LogP contribution in [0.4, 0.5) is 4.39 Å². The second kappa shape index (κ2) is 9.50. The van der Waals surface area contributed by atoms with Crippen molar-refractivity contribution in [2.45, 2.75) is 20.0 Å². The molecule has 0 aliphatic heterocycles. The first-order valence-corrected chi connectivity index (χ1v) is 8.53. The molecule has 28 heavy (non-hydrogen) atoms. The lowest BCUT2D eigenvalue weighted by Crippen LogP contribution is -2.44. The summed E-state index contributed by atoms with van der Waals surface area (Å²) in [5, 5.41) is 14.1. The highest BCUT2D eigenvalue weighted by atomic mass is 19.1. The molecule has 2 rings (SSSR count). The van der Waals surface area contributed by atoms with Crippen LogP contribution in [-0.2, 0) is 9.59 Å². The summed E-state index contributed by atoms with van der Waals surface area (Å²) in [6.07, 6.45) is -1.36. The van der Waals surface area contributed by atoms with E-state index in [0.717, 1.165) is 23.3 Å². The lowest BCUT2D eigenvalue weighted by atomic mass is 10.1. The Bertz CT molecular complexity index is 867. The van der Waals surface area contributed by atoms with Crippen LogP contribution in [0.3, 0.4) is 0 Å². The Morgan fingerprint density at radius 2 is 1.71 bits per heavy atom. The quantitative estimate of drug-likeness (QED) is 0.640. The van der Waals surface area contributed by atoms with E-state index in [1.165, 1.54) is 12.1 Å². The van der Waals surface area contributed by atoms with E-state index in [1.807, 2.05) is 19.9 Å². The number of rotatable bonds is 8. The van der Waals surface area contributed by atoms with Crippen LogP contribution in [0.1, 0.15) is 21.5 Å². The van der Waals surface area contributed by atoms with Crippen molar-refractivity contribution < 1.29 is 28.6 Å². The van der Waals surface area contributed by atoms with Crippen LogP contribution in [0.15, 0.2) is 42.5 Å². The highest BCUT2D eigenvalue weighted by molar-refractivity contribution is 5.96. The fraction of sp³-hybridized carbons (Fsp3) is 0.250. The van der Waals surface area contributed by atoms with Gasteiger partial charge in [0.2, 0.25) is 12.0 Å². The number of aryl methyl sites for hydroxylation is 2. The SMILES string of the molecule is Cc1ccc(C(=O)NCC(=O)NCC(Oc2ccc(F)cc2)C(=O)O)cc1C. The van der Waals surface area contributed by atoms with Gasteiger partial charge in [0.25, 0.3) is 5.91 Å². The maximum absolute atomic E-state index is 12.9. The fourth-order valence-electron chi connectivity index (χ4n) is 2.27. The molecule has 0 aliphatic rings. The minimum absolute atomic E-state index is 0.158. The minimum Gasteiger partial charge on any atom is -0.478 e. The van der Waals surface area contributed by atoms with Gasteiger partial charge >= 0.3 is 5.97 Å². The average molecular weight is 388 g/mol. The van der Waals surface area contributed by atoms with Gasteiger partial charge in [0, 0.05) is 5.56 Å². The summed E-state index contributed by atoms with van der Waals surface area (Å²) in [5.41, 5.74) is 2.44. The zero-order valence-electron chi connectivity index (χ0n) is 15.5. The maximum Gasteiger partial charge on any atom is 0.346 e. The standard InChI is InChI=1S/C20H21FN2O5/c1-12-3-4-14(9-13(12)2)19(25)23-11-18(24)22-10-17(20(26)27)28-16-7-5-15(21)6-8-16/h3-9,17H,10-11H2,1-2H3,(H,22,24)(H,23,25)(H,26,27). The molecule has 0 saturated heterocycles. The highest BCUT2D eigenvalue weighted by Gasteiger charge is 2.20. The molecule has 148 valence electrons. The van der Waals surface area contributed by atoms with Crippen LogP contribution >= 0.6 is 0 Å². The lowest BCUT2D eigenvalue weighted by molar-refractivity contribution is -0.145. The van der Waals surface area contributed by atoms with Crippen molar-refractivity contribution >= 4 is 17.8 Å². The molecule has 0 aromatic heterocycles. The van der Waals surface area contributed by atoms with Gasteiger partial charge in [-0.2, -0.15) is 0 Å². The molecule has 1 unspecified atom stereocenters. The number of carbonyl (C=O) groups is 3. The van der Waals surface area contributed by atoms with Crippen LogP contribution in [0.5, 0.6) is 5.75 Å². The van der Waals surface area contributed by atoms with Gasteiger partial charge < -0.3 is 20.5 Å². The van der Waals surface area contributed by atoms with E-state index in [4.69, 9.17) is 4.74 Å². The summed E-state index contributed by atoms with van der Waals surface area (Å²) in [4.78, 5) is 35.3. The van der Waals surface area contributed by atoms with Crippen LogP contribution in [0.25, 0.3) is 0 Å². The van der Waals surface area contributed by atoms with Gasteiger partial charge in [-0.25, -0.2) is 9.18 Å². The summed E-state index contributed by atoms with van der Waals surface area (Å²) in [7, 11) is 0. The van der Waals surface area contributed by atoms with Crippen LogP contribution in [0.2, 0.25) is 0 Å². The Morgan fingerprint density at radius 3 is 2.32 bits per heavy atom. The molecule has 0 fully saturated rings. The number of hydrogen-bond donors (Lipinski definition) is 3. The van der Waals surface area contributed by atoms with Gasteiger partial charge in [-0.3, -0.25) is 9.59 Å². The lowest BCUT2D eigenvalue weighted by Gasteiger charge is -2.16. The van der Waals surface area contributed by atoms with Crippen LogP contribution in [-0.4, -0.2) is 42.1 Å². The van der Waals surface area contributed by atoms with Crippen molar-refractivity contribution in [1.82, 2.24) is 10.6 Å². The molecular formula is C20H21FN2O5. The van der Waals surface area contributed by atoms with E-state index < -0.39 is 29.7 Å². The molecule has 2 aromatic carbocycles. The molecule has 0 spiro atoms. The van der Waals surface area contributed by atoms with Gasteiger partial charge in [0.05, 0.1) is 13.1 Å². The molecule has 2 aromatic rings. The van der Waals surface area contributed by atoms with Crippen molar-refractivity contribution in [3.05, 3.63) is 65.0 Å². The number of amides is 2. The van der Waals surface area contributed by atoms with Gasteiger partial charge in [-0.05, 0) is 61.4 Å². The third-order valence-corrected chi connectivity index (χ3v) is 4.03. The summed E-state index contributed by atoms with van der Waals surface area (Å²) in [5.74, 6) is -2.58. The third kappa shape index (κ3) is 6.08. The van der Waals surface area contributed by atoms with E-state index in [0.29, 0.717) is 5.56 Å². The predicted octanol–water partition coefficient (Wildman–Crippen LogP) is 1.82. The fourth-order valence-corrected chi connectivity index (χ4v) is 2.27. The molecule has 0 bridgehead atoms. The molecule has 2 amide bonds. The number of carbonyl (C=O) groups excluding carboxylic acids is 2. The third-order valence-electron chi connectivity index (χ3n) is 4.03. The van der Waals surface area contributed by atoms with Crippen molar-refractivity contribution in [3.63, 3.8) is 0 Å². The molecule has 1 atom stereocenters. The van der Waals surface area contributed by atoms with E-state index in [2.05, 4.69) is 10.6 Å². The minimum atomic E-state index is -1.36. The van der Waals surface area contributed by atoms with Crippen molar-refractivity contribution in [1.29, 1.82) is 0 Å². The normalized spacial score (nSPS) is 11.4. The summed E-state index contributed by atoms with van der Waals surface area (Å²) in [6.45, 7) is 3.18. The van der Waals surface area contributed by atoms with E-state index in [1.54, 1.807) is 12.1 Å². The Morgan fingerprint density at radius 1 is 1.04 bits per heavy atom. The molecule has 0 saturated carbocycles. The number of nitrogens with one attached hydrogen (secondary N) is 2. The number of aliphatic carboxylic acids is 1. The van der Waals surface area contributed by atoms with E-state index in [9.17, 15) is 23.9 Å². The zero-order valence-corrected chi connectivity index (χ0v) is 15.5. The number of ether oxygens (including phenoxy) is 1. The Labute approximate surface area is 161 Å². The van der Waals surface area contributed by atoms with Crippen molar-refractivity contribution in [2.75, 3.05) is 13.1 Å². The number of hydrogen-bond acceptors (Lipinski definition) is 4. The highest BCUT2D eigenvalue weighted by Crippen LogP contribution is 2.13. The van der Waals surface area contributed by atoms with Gasteiger partial charge in [-0.15, -0.1) is 0 Å². The van der Waals surface area contributed by atoms with E-state index in [-0.39, 0.29) is 18.8 Å². The van der Waals surface area contributed by atoms with Crippen molar-refractivity contribution in [3.8, 4) is 5.75 Å². The summed E-state index contributed by atoms with van der Waals surface area (Å²) >= 11 is 0. The largest absolute Gasteiger partial charge is 0.478 e. The Kier molecular flexibility index (Phi) is 7.08. The number of benzene rings is 2. The molecule has 0 aliphatic carbocycles. The first-order valence-electron chi connectivity index (χ1n) is 8.53. The number of carboxylic acid groups (broad SMARTS) is 1. The molecular weight excluding hydrogens is 367 g/mol. The zero-order chi connectivity index (χ0) is 20.7. The average Bonchev–Trinajstić information content (AvgIpc) is 2.66. The molecule has 0 radical (unpaired) electrons. The monoisotopic (exact) mass is 388 g/mol. The molecule has 8 heteroatoms. The predicted molar refractivity (Wildman–Crippen MR) is 99.7 cm³/mol. The first-order chi connectivity index (χ1) is 13.3. The molecule has 3 N–H and O–H groups in total. The van der Waals surface area contributed by atoms with Gasteiger partial charge in [0.1, 0.15) is 11.6 Å². The number of halogens is 1. The smallest absolute Gasteiger partial charge is 0.346 e. The van der Waals surface area contributed by atoms with Gasteiger partial charge in [-0.1, -0.05) is 6.07 Å². The van der Waals surface area contributed by atoms with Crippen molar-refractivity contribution in [2.24, 2.45) is 0 Å². The van der Waals surface area contributed by atoms with E-state index >= 15 is 0 Å². The molecule has 7 nitrogen and oxygen atoms in total. The second-order valence-electron chi connectivity index (χ2n) is 6.18. The number of carboxylic acids is 1. The topological polar surface area (TPSA) is 105 Å². The summed E-state index contributed by atoms with van der Waals surface area (Å²) < 4.78 is 18.1.